The van der Waals surface area contributed by atoms with Crippen LogP contribution >= 0.6 is 11.6 Å². The van der Waals surface area contributed by atoms with Crippen LogP contribution in [0, 0.1) is 12.8 Å². The van der Waals surface area contributed by atoms with Crippen LogP contribution in [0.1, 0.15) is 35.1 Å². The zero-order valence-electron chi connectivity index (χ0n) is 13.3. The number of allylic oxidation sites excluding steroid dienone is 2. The van der Waals surface area contributed by atoms with Gasteiger partial charge in [-0.2, -0.15) is 0 Å². The number of fused-ring (bicyclic) bond motifs is 3. The first-order valence-electron chi connectivity index (χ1n) is 8.06. The van der Waals surface area contributed by atoms with E-state index in [0.717, 1.165) is 17.2 Å². The van der Waals surface area contributed by atoms with E-state index in [1.807, 2.05) is 18.2 Å². The van der Waals surface area contributed by atoms with Crippen molar-refractivity contribution in [3.63, 3.8) is 0 Å². The van der Waals surface area contributed by atoms with Crippen LogP contribution in [-0.2, 0) is 0 Å². The maximum atomic E-state index is 6.53. The van der Waals surface area contributed by atoms with Gasteiger partial charge in [0, 0.05) is 27.8 Å². The summed E-state index contributed by atoms with van der Waals surface area (Å²) in [5.41, 5.74) is 4.89. The van der Waals surface area contributed by atoms with Crippen molar-refractivity contribution in [2.75, 3.05) is 12.4 Å². The second-order valence-electron chi connectivity index (χ2n) is 6.37. The summed E-state index contributed by atoms with van der Waals surface area (Å²) in [5.74, 6) is 1.78. The number of rotatable bonds is 2. The van der Waals surface area contributed by atoms with Crippen LogP contribution in [0.3, 0.4) is 0 Å². The number of ether oxygens (including phenoxy) is 1. The molecule has 2 aromatic rings. The van der Waals surface area contributed by atoms with Crippen LogP contribution in [0.4, 0.5) is 5.69 Å². The molecule has 3 heteroatoms. The third-order valence-corrected chi connectivity index (χ3v) is 5.48. The van der Waals surface area contributed by atoms with Gasteiger partial charge in [-0.3, -0.25) is 0 Å². The van der Waals surface area contributed by atoms with Crippen LogP contribution in [-0.4, -0.2) is 7.11 Å². The minimum atomic E-state index is 0.232. The van der Waals surface area contributed by atoms with E-state index < -0.39 is 0 Å². The van der Waals surface area contributed by atoms with Gasteiger partial charge in [0.25, 0.3) is 0 Å². The van der Waals surface area contributed by atoms with Gasteiger partial charge in [-0.15, -0.1) is 0 Å². The summed E-state index contributed by atoms with van der Waals surface area (Å²) in [6.07, 6.45) is 5.66. The van der Waals surface area contributed by atoms with E-state index in [4.69, 9.17) is 16.3 Å². The average molecular weight is 326 g/mol. The predicted octanol–water partition coefficient (Wildman–Crippen LogP) is 5.48. The lowest BCUT2D eigenvalue weighted by atomic mass is 9.76. The van der Waals surface area contributed by atoms with E-state index in [9.17, 15) is 0 Å². The molecular weight excluding hydrogens is 306 g/mol. The second-order valence-corrected chi connectivity index (χ2v) is 6.78. The van der Waals surface area contributed by atoms with Crippen molar-refractivity contribution in [2.24, 2.45) is 5.92 Å². The summed E-state index contributed by atoms with van der Waals surface area (Å²) in [6.45, 7) is 2.14. The first-order valence-corrected chi connectivity index (χ1v) is 8.43. The smallest absolute Gasteiger partial charge is 0.124 e. The van der Waals surface area contributed by atoms with E-state index in [-0.39, 0.29) is 6.04 Å². The molecule has 0 bridgehead atoms. The fraction of sp³-hybridized carbons (Fsp3) is 0.300. The third kappa shape index (κ3) is 2.24. The Morgan fingerprint density at radius 2 is 2.00 bits per heavy atom. The molecule has 1 heterocycles. The number of hydrogen-bond donors (Lipinski definition) is 1. The lowest BCUT2D eigenvalue weighted by molar-refractivity contribution is 0.381. The molecule has 4 rings (SSSR count). The third-order valence-electron chi connectivity index (χ3n) is 5.15. The van der Waals surface area contributed by atoms with Crippen LogP contribution in [0.5, 0.6) is 5.75 Å². The Morgan fingerprint density at radius 3 is 2.83 bits per heavy atom. The lowest BCUT2D eigenvalue weighted by Crippen LogP contribution is -2.30. The minimum Gasteiger partial charge on any atom is -0.496 e. The Morgan fingerprint density at radius 1 is 1.17 bits per heavy atom. The Bertz CT molecular complexity index is 783. The largest absolute Gasteiger partial charge is 0.496 e. The first kappa shape index (κ1) is 14.6. The molecule has 0 spiro atoms. The molecule has 0 saturated carbocycles. The topological polar surface area (TPSA) is 21.3 Å². The molecular formula is C20H20ClNO. The summed E-state index contributed by atoms with van der Waals surface area (Å²) in [6, 6.07) is 12.6. The highest BCUT2D eigenvalue weighted by Crippen LogP contribution is 2.53. The van der Waals surface area contributed by atoms with Gasteiger partial charge in [-0.25, -0.2) is 0 Å². The minimum absolute atomic E-state index is 0.232. The van der Waals surface area contributed by atoms with E-state index in [1.165, 1.54) is 22.4 Å². The van der Waals surface area contributed by atoms with Gasteiger partial charge in [-0.1, -0.05) is 48.0 Å². The van der Waals surface area contributed by atoms with Crippen molar-refractivity contribution in [2.45, 2.75) is 25.3 Å². The SMILES string of the molecule is COc1ccccc1C1Nc2c(C)ccc(Cl)c2C2C=CCC21. The molecule has 118 valence electrons. The molecule has 1 aliphatic carbocycles. The highest BCUT2D eigenvalue weighted by molar-refractivity contribution is 6.32. The Balaban J connectivity index is 1.87. The highest BCUT2D eigenvalue weighted by atomic mass is 35.5. The van der Waals surface area contributed by atoms with Gasteiger partial charge in [0.1, 0.15) is 5.75 Å². The molecule has 3 unspecified atom stereocenters. The quantitative estimate of drug-likeness (QED) is 0.738. The lowest BCUT2D eigenvalue weighted by Gasteiger charge is -2.39. The van der Waals surface area contributed by atoms with Crippen molar-refractivity contribution in [3.05, 3.63) is 70.3 Å². The molecule has 1 N–H and O–H groups in total. The average Bonchev–Trinajstić information content (AvgIpc) is 3.06. The van der Waals surface area contributed by atoms with E-state index in [1.54, 1.807) is 7.11 Å². The van der Waals surface area contributed by atoms with Crippen LogP contribution in [0.25, 0.3) is 0 Å². The molecule has 0 fully saturated rings. The first-order chi connectivity index (χ1) is 11.2. The number of aryl methyl sites for hydroxylation is 1. The Labute approximate surface area is 142 Å². The predicted molar refractivity (Wildman–Crippen MR) is 95.5 cm³/mol. The standard InChI is InChI=1S/C20H20ClNO/c1-12-10-11-16(21)18-13-7-5-8-14(13)20(22-19(12)18)15-6-3-4-9-17(15)23-2/h3-7,9-11,13-14,20,22H,8H2,1-2H3. The van der Waals surface area contributed by atoms with E-state index in [0.29, 0.717) is 11.8 Å². The van der Waals surface area contributed by atoms with Crippen LogP contribution in [0.15, 0.2) is 48.6 Å². The van der Waals surface area contributed by atoms with Crippen LogP contribution < -0.4 is 10.1 Å². The van der Waals surface area contributed by atoms with Gasteiger partial charge in [0.15, 0.2) is 0 Å². The van der Waals surface area contributed by atoms with Gasteiger partial charge in [0.05, 0.1) is 13.2 Å². The van der Waals surface area contributed by atoms with Crippen molar-refractivity contribution in [3.8, 4) is 5.75 Å². The molecule has 0 saturated heterocycles. The molecule has 2 nitrogen and oxygen atoms in total. The summed E-state index contributed by atoms with van der Waals surface area (Å²) < 4.78 is 5.60. The zero-order chi connectivity index (χ0) is 16.0. The molecule has 3 atom stereocenters. The van der Waals surface area contributed by atoms with Gasteiger partial charge in [-0.05, 0) is 37.0 Å². The molecule has 1 aliphatic heterocycles. The maximum Gasteiger partial charge on any atom is 0.124 e. The van der Waals surface area contributed by atoms with Crippen molar-refractivity contribution in [1.29, 1.82) is 0 Å². The fourth-order valence-electron chi connectivity index (χ4n) is 4.04. The van der Waals surface area contributed by atoms with Crippen molar-refractivity contribution < 1.29 is 4.74 Å². The normalized spacial score (nSPS) is 24.7. The number of hydrogen-bond acceptors (Lipinski definition) is 2. The van der Waals surface area contributed by atoms with Gasteiger partial charge in [0.2, 0.25) is 0 Å². The number of methoxy groups -OCH3 is 1. The number of para-hydroxylation sites is 1. The molecule has 0 radical (unpaired) electrons. The zero-order valence-corrected chi connectivity index (χ0v) is 14.1. The summed E-state index contributed by atoms with van der Waals surface area (Å²) in [4.78, 5) is 0. The monoisotopic (exact) mass is 325 g/mol. The maximum absolute atomic E-state index is 6.53. The van der Waals surface area contributed by atoms with Crippen molar-refractivity contribution >= 4 is 17.3 Å². The number of anilines is 1. The Kier molecular flexibility index (Phi) is 3.57. The summed E-state index contributed by atoms with van der Waals surface area (Å²) in [5, 5.41) is 4.62. The molecule has 2 aromatic carbocycles. The Hall–Kier alpha value is -1.93. The van der Waals surface area contributed by atoms with Gasteiger partial charge >= 0.3 is 0 Å². The fourth-order valence-corrected chi connectivity index (χ4v) is 4.32. The van der Waals surface area contributed by atoms with Gasteiger partial charge < -0.3 is 10.1 Å². The van der Waals surface area contributed by atoms with Crippen molar-refractivity contribution in [1.82, 2.24) is 0 Å². The molecule has 23 heavy (non-hydrogen) atoms. The number of halogens is 1. The van der Waals surface area contributed by atoms with Crippen LogP contribution in [0.2, 0.25) is 5.02 Å². The second kappa shape index (κ2) is 5.61. The highest BCUT2D eigenvalue weighted by Gasteiger charge is 2.40. The number of benzene rings is 2. The summed E-state index contributed by atoms with van der Waals surface area (Å²) >= 11 is 6.53. The molecule has 2 aliphatic rings. The molecule has 0 amide bonds. The van der Waals surface area contributed by atoms with E-state index >= 15 is 0 Å². The summed E-state index contributed by atoms with van der Waals surface area (Å²) in [7, 11) is 1.74. The number of nitrogens with one attached hydrogen (secondary N) is 1. The van der Waals surface area contributed by atoms with E-state index in [2.05, 4.69) is 42.6 Å². The molecule has 0 aromatic heterocycles.